The van der Waals surface area contributed by atoms with Crippen LogP contribution in [0, 0.1) is 17.2 Å². The molecule has 1 rings (SSSR count). The summed E-state index contributed by atoms with van der Waals surface area (Å²) in [5.41, 5.74) is 0.991. The molecule has 1 atom stereocenters. The lowest BCUT2D eigenvalue weighted by Crippen LogP contribution is -2.49. The lowest BCUT2D eigenvalue weighted by molar-refractivity contribution is -0.131. The van der Waals surface area contributed by atoms with Crippen LogP contribution in [-0.4, -0.2) is 24.4 Å². The van der Waals surface area contributed by atoms with Crippen LogP contribution in [0.1, 0.15) is 51.5 Å². The molecule has 0 aliphatic carbocycles. The zero-order valence-electron chi connectivity index (χ0n) is 15.3. The molecule has 0 fully saturated rings. The van der Waals surface area contributed by atoms with E-state index in [1.165, 1.54) is 0 Å². The van der Waals surface area contributed by atoms with Crippen LogP contribution in [0.25, 0.3) is 0 Å². The van der Waals surface area contributed by atoms with Gasteiger partial charge in [0.05, 0.1) is 12.5 Å². The van der Waals surface area contributed by atoms with E-state index in [-0.39, 0.29) is 24.2 Å². The molecule has 5 heteroatoms. The summed E-state index contributed by atoms with van der Waals surface area (Å²) in [6.07, 6.45) is 4.23. The Labute approximate surface area is 150 Å². The van der Waals surface area contributed by atoms with E-state index >= 15 is 0 Å². The van der Waals surface area contributed by atoms with E-state index in [1.807, 2.05) is 36.4 Å². The maximum atomic E-state index is 12.6. The van der Waals surface area contributed by atoms with Gasteiger partial charge in [0.2, 0.25) is 11.8 Å². The molecule has 0 aromatic heterocycles. The fourth-order valence-corrected chi connectivity index (χ4v) is 2.82. The maximum Gasteiger partial charge on any atom is 0.242 e. The second kappa shape index (κ2) is 12.1. The van der Waals surface area contributed by atoms with Crippen LogP contribution in [0.15, 0.2) is 30.3 Å². The van der Waals surface area contributed by atoms with Crippen LogP contribution in [-0.2, 0) is 16.0 Å². The molecule has 1 aromatic carbocycles. The Kier molecular flexibility index (Phi) is 10.00. The van der Waals surface area contributed by atoms with Crippen molar-refractivity contribution in [2.24, 2.45) is 5.92 Å². The summed E-state index contributed by atoms with van der Waals surface area (Å²) in [4.78, 5) is 25.1. The van der Waals surface area contributed by atoms with Crippen molar-refractivity contribution in [2.45, 2.75) is 58.4 Å². The second-order valence-corrected chi connectivity index (χ2v) is 6.22. The molecule has 2 N–H and O–H groups in total. The first-order valence-electron chi connectivity index (χ1n) is 9.11. The van der Waals surface area contributed by atoms with Gasteiger partial charge >= 0.3 is 0 Å². The SMILES string of the molecule is CCCC(CCC)C(=O)NC(Cc1ccccc1)C(=O)NCCC#N. The first-order valence-corrected chi connectivity index (χ1v) is 9.11. The van der Waals surface area contributed by atoms with Crippen molar-refractivity contribution in [3.8, 4) is 6.07 Å². The van der Waals surface area contributed by atoms with Crippen molar-refractivity contribution in [3.63, 3.8) is 0 Å². The molecular weight excluding hydrogens is 314 g/mol. The summed E-state index contributed by atoms with van der Waals surface area (Å²) in [6, 6.07) is 11.0. The quantitative estimate of drug-likeness (QED) is 0.606. The van der Waals surface area contributed by atoms with Gasteiger partial charge in [-0.1, -0.05) is 57.0 Å². The number of carbonyl (C=O) groups is 2. The number of hydrogen-bond donors (Lipinski definition) is 2. The lowest BCUT2D eigenvalue weighted by Gasteiger charge is -2.22. The van der Waals surface area contributed by atoms with Gasteiger partial charge in [-0.2, -0.15) is 5.26 Å². The second-order valence-electron chi connectivity index (χ2n) is 6.22. The summed E-state index contributed by atoms with van der Waals surface area (Å²) in [5.74, 6) is -0.348. The van der Waals surface area contributed by atoms with Crippen LogP contribution in [0.4, 0.5) is 0 Å². The van der Waals surface area contributed by atoms with Crippen LogP contribution >= 0.6 is 0 Å². The van der Waals surface area contributed by atoms with Gasteiger partial charge in [0.1, 0.15) is 6.04 Å². The number of nitriles is 1. The monoisotopic (exact) mass is 343 g/mol. The highest BCUT2D eigenvalue weighted by atomic mass is 16.2. The highest BCUT2D eigenvalue weighted by Gasteiger charge is 2.24. The Bertz CT molecular complexity index is 560. The van der Waals surface area contributed by atoms with Gasteiger partial charge in [-0.3, -0.25) is 9.59 Å². The van der Waals surface area contributed by atoms with E-state index in [4.69, 9.17) is 5.26 Å². The minimum absolute atomic E-state index is 0.0554. The summed E-state index contributed by atoms with van der Waals surface area (Å²) in [7, 11) is 0. The molecule has 0 aliphatic heterocycles. The van der Waals surface area contributed by atoms with E-state index in [9.17, 15) is 9.59 Å². The number of benzene rings is 1. The standard InChI is InChI=1S/C20H29N3O2/c1-3-9-17(10-4-2)19(24)23-18(20(25)22-14-8-13-21)15-16-11-6-5-7-12-16/h5-7,11-12,17-18H,3-4,8-10,14-15H2,1-2H3,(H,22,25)(H,23,24). The number of hydrogen-bond acceptors (Lipinski definition) is 3. The van der Waals surface area contributed by atoms with E-state index in [0.29, 0.717) is 13.0 Å². The topological polar surface area (TPSA) is 82.0 Å². The molecule has 0 radical (unpaired) electrons. The number of carbonyl (C=O) groups excluding carboxylic acids is 2. The Hall–Kier alpha value is -2.35. The molecule has 1 aromatic rings. The minimum Gasteiger partial charge on any atom is -0.353 e. The maximum absolute atomic E-state index is 12.6. The van der Waals surface area contributed by atoms with Gasteiger partial charge in [-0.15, -0.1) is 0 Å². The summed E-state index contributed by atoms with van der Waals surface area (Å²) < 4.78 is 0. The molecular formula is C20H29N3O2. The minimum atomic E-state index is -0.621. The normalized spacial score (nSPS) is 11.6. The number of rotatable bonds is 11. The van der Waals surface area contributed by atoms with Gasteiger partial charge in [-0.25, -0.2) is 0 Å². The van der Waals surface area contributed by atoms with Gasteiger partial charge in [-0.05, 0) is 18.4 Å². The van der Waals surface area contributed by atoms with Crippen LogP contribution < -0.4 is 10.6 Å². The third kappa shape index (κ3) is 7.84. The Balaban J connectivity index is 2.80. The zero-order chi connectivity index (χ0) is 18.5. The summed E-state index contributed by atoms with van der Waals surface area (Å²) >= 11 is 0. The molecule has 0 bridgehead atoms. The zero-order valence-corrected chi connectivity index (χ0v) is 15.3. The third-order valence-corrected chi connectivity index (χ3v) is 4.10. The predicted molar refractivity (Wildman–Crippen MR) is 98.6 cm³/mol. The molecule has 0 aliphatic rings. The van der Waals surface area contributed by atoms with Crippen molar-refractivity contribution in [1.82, 2.24) is 10.6 Å². The molecule has 0 saturated heterocycles. The summed E-state index contributed by atoms with van der Waals surface area (Å²) in [5, 5.41) is 14.3. The first-order chi connectivity index (χ1) is 12.1. The molecule has 25 heavy (non-hydrogen) atoms. The van der Waals surface area contributed by atoms with Crippen molar-refractivity contribution in [1.29, 1.82) is 5.26 Å². The highest BCUT2D eigenvalue weighted by Crippen LogP contribution is 2.14. The fourth-order valence-electron chi connectivity index (χ4n) is 2.82. The van der Waals surface area contributed by atoms with E-state index in [2.05, 4.69) is 24.5 Å². The molecule has 0 spiro atoms. The molecule has 2 amide bonds. The van der Waals surface area contributed by atoms with Crippen molar-refractivity contribution in [2.75, 3.05) is 6.54 Å². The Morgan fingerprint density at radius 1 is 1.08 bits per heavy atom. The van der Waals surface area contributed by atoms with Crippen LogP contribution in [0.2, 0.25) is 0 Å². The molecule has 0 saturated carbocycles. The smallest absolute Gasteiger partial charge is 0.242 e. The first kappa shape index (κ1) is 20.7. The third-order valence-electron chi connectivity index (χ3n) is 4.10. The number of nitrogens with one attached hydrogen (secondary N) is 2. The predicted octanol–water partition coefficient (Wildman–Crippen LogP) is 2.96. The van der Waals surface area contributed by atoms with Gasteiger partial charge in [0.15, 0.2) is 0 Å². The number of amides is 2. The summed E-state index contributed by atoms with van der Waals surface area (Å²) in [6.45, 7) is 4.42. The van der Waals surface area contributed by atoms with Gasteiger partial charge < -0.3 is 10.6 Å². The molecule has 5 nitrogen and oxygen atoms in total. The lowest BCUT2D eigenvalue weighted by atomic mass is 9.96. The van der Waals surface area contributed by atoms with Gasteiger partial charge in [0.25, 0.3) is 0 Å². The largest absolute Gasteiger partial charge is 0.353 e. The molecule has 136 valence electrons. The van der Waals surface area contributed by atoms with E-state index in [1.54, 1.807) is 0 Å². The molecule has 1 unspecified atom stereocenters. The molecule has 0 heterocycles. The average Bonchev–Trinajstić information content (AvgIpc) is 2.62. The Morgan fingerprint density at radius 3 is 2.28 bits per heavy atom. The number of nitrogens with zero attached hydrogens (tertiary/aromatic N) is 1. The van der Waals surface area contributed by atoms with Gasteiger partial charge in [0, 0.05) is 18.9 Å². The highest BCUT2D eigenvalue weighted by molar-refractivity contribution is 5.88. The van der Waals surface area contributed by atoms with E-state index < -0.39 is 6.04 Å². The Morgan fingerprint density at radius 2 is 1.72 bits per heavy atom. The van der Waals surface area contributed by atoms with Crippen molar-refractivity contribution < 1.29 is 9.59 Å². The van der Waals surface area contributed by atoms with E-state index in [0.717, 1.165) is 31.2 Å². The van der Waals surface area contributed by atoms with Crippen molar-refractivity contribution in [3.05, 3.63) is 35.9 Å². The average molecular weight is 343 g/mol. The van der Waals surface area contributed by atoms with Crippen LogP contribution in [0.3, 0.4) is 0 Å². The van der Waals surface area contributed by atoms with Crippen LogP contribution in [0.5, 0.6) is 0 Å². The van der Waals surface area contributed by atoms with Crippen molar-refractivity contribution >= 4 is 11.8 Å². The fraction of sp³-hybridized carbons (Fsp3) is 0.550.